The van der Waals surface area contributed by atoms with Crippen molar-refractivity contribution in [1.29, 1.82) is 0 Å². The van der Waals surface area contributed by atoms with Crippen LogP contribution in [0.25, 0.3) is 0 Å². The number of hydrogen-bond donors (Lipinski definition) is 2. The molecule has 2 N–H and O–H groups in total. The van der Waals surface area contributed by atoms with E-state index in [1.807, 2.05) is 18.7 Å². The molecule has 1 saturated heterocycles. The number of likely N-dealkylation sites (tertiary alicyclic amines) is 1. The number of nitrogens with zero attached hydrogens (tertiary/aromatic N) is 2. The van der Waals surface area contributed by atoms with Gasteiger partial charge in [0.2, 0.25) is 5.91 Å². The van der Waals surface area contributed by atoms with Crippen LogP contribution < -0.4 is 10.6 Å². The summed E-state index contributed by atoms with van der Waals surface area (Å²) in [5.41, 5.74) is 0. The molecule has 1 fully saturated rings. The van der Waals surface area contributed by atoms with Gasteiger partial charge in [0.15, 0.2) is 5.96 Å². The summed E-state index contributed by atoms with van der Waals surface area (Å²) < 4.78 is 4.84. The lowest BCUT2D eigenvalue weighted by atomic mass is 9.99. The zero-order valence-electron chi connectivity index (χ0n) is 14.0. The van der Waals surface area contributed by atoms with Crippen molar-refractivity contribution in [3.05, 3.63) is 0 Å². The van der Waals surface area contributed by atoms with Crippen molar-refractivity contribution >= 4 is 17.8 Å². The van der Waals surface area contributed by atoms with Gasteiger partial charge in [-0.15, -0.1) is 0 Å². The molecule has 1 heterocycles. The summed E-state index contributed by atoms with van der Waals surface area (Å²) in [5, 5.41) is 6.02. The van der Waals surface area contributed by atoms with E-state index in [9.17, 15) is 9.59 Å². The second kappa shape index (κ2) is 9.27. The van der Waals surface area contributed by atoms with E-state index < -0.39 is 0 Å². The van der Waals surface area contributed by atoms with Gasteiger partial charge in [-0.1, -0.05) is 13.8 Å². The van der Waals surface area contributed by atoms with E-state index in [0.29, 0.717) is 26.1 Å². The third kappa shape index (κ3) is 5.20. The highest BCUT2D eigenvalue weighted by Crippen LogP contribution is 2.23. The molecule has 0 radical (unpaired) electrons. The maximum Gasteiger partial charge on any atom is 0.310 e. The Morgan fingerprint density at radius 3 is 2.59 bits per heavy atom. The Morgan fingerprint density at radius 1 is 1.27 bits per heavy atom. The molecule has 2 atom stereocenters. The summed E-state index contributed by atoms with van der Waals surface area (Å²) in [5.74, 6) is 0.674. The average Bonchev–Trinajstić information content (AvgIpc) is 2.90. The normalized spacial score (nSPS) is 21.6. The lowest BCUT2D eigenvalue weighted by molar-refractivity contribution is -0.146. The monoisotopic (exact) mass is 312 g/mol. The standard InChI is InChI=1S/C15H28N4O3/c1-5-7-17-13(20)6-8-18-15(16-3)19-9-11(2)12(10-19)14(21)22-4/h11-12H,5-10H2,1-4H3,(H,16,18)(H,17,20). The van der Waals surface area contributed by atoms with Crippen molar-refractivity contribution in [3.63, 3.8) is 0 Å². The minimum atomic E-state index is -0.176. The number of carbonyl (C=O) groups is 2. The van der Waals surface area contributed by atoms with E-state index in [2.05, 4.69) is 15.6 Å². The number of nitrogens with one attached hydrogen (secondary N) is 2. The Labute approximate surface area is 132 Å². The first-order chi connectivity index (χ1) is 10.5. The first-order valence-electron chi connectivity index (χ1n) is 7.83. The fourth-order valence-corrected chi connectivity index (χ4v) is 2.57. The second-order valence-electron chi connectivity index (χ2n) is 5.59. The molecule has 2 unspecified atom stereocenters. The van der Waals surface area contributed by atoms with E-state index in [0.717, 1.165) is 18.9 Å². The number of amides is 1. The molecule has 7 nitrogen and oxygen atoms in total. The predicted octanol–water partition coefficient (Wildman–Crippen LogP) is 0.219. The van der Waals surface area contributed by atoms with Crippen LogP contribution in [0.3, 0.4) is 0 Å². The van der Waals surface area contributed by atoms with Crippen LogP contribution in [0.2, 0.25) is 0 Å². The van der Waals surface area contributed by atoms with E-state index in [1.165, 1.54) is 7.11 Å². The molecule has 0 aromatic heterocycles. The molecule has 22 heavy (non-hydrogen) atoms. The highest BCUT2D eigenvalue weighted by molar-refractivity contribution is 5.83. The van der Waals surface area contributed by atoms with Crippen LogP contribution in [0.5, 0.6) is 0 Å². The molecule has 0 aromatic rings. The molecule has 0 spiro atoms. The Morgan fingerprint density at radius 2 is 2.00 bits per heavy atom. The van der Waals surface area contributed by atoms with Crippen molar-refractivity contribution in [1.82, 2.24) is 15.5 Å². The summed E-state index contributed by atoms with van der Waals surface area (Å²) in [7, 11) is 3.12. The van der Waals surface area contributed by atoms with Crippen molar-refractivity contribution in [2.75, 3.05) is 40.3 Å². The van der Waals surface area contributed by atoms with Crippen LogP contribution in [0.4, 0.5) is 0 Å². The third-order valence-electron chi connectivity index (χ3n) is 3.83. The van der Waals surface area contributed by atoms with Crippen molar-refractivity contribution in [3.8, 4) is 0 Å². The van der Waals surface area contributed by atoms with Crippen LogP contribution in [-0.2, 0) is 14.3 Å². The summed E-state index contributed by atoms with van der Waals surface area (Å²) in [6.45, 7) is 6.63. The van der Waals surface area contributed by atoms with Gasteiger partial charge in [0.1, 0.15) is 0 Å². The predicted molar refractivity (Wildman–Crippen MR) is 85.5 cm³/mol. The van der Waals surface area contributed by atoms with E-state index in [4.69, 9.17) is 4.74 Å². The van der Waals surface area contributed by atoms with Crippen molar-refractivity contribution in [2.24, 2.45) is 16.8 Å². The average molecular weight is 312 g/mol. The second-order valence-corrected chi connectivity index (χ2v) is 5.59. The fourth-order valence-electron chi connectivity index (χ4n) is 2.57. The van der Waals surface area contributed by atoms with Gasteiger partial charge in [0, 0.05) is 39.6 Å². The third-order valence-corrected chi connectivity index (χ3v) is 3.83. The number of esters is 1. The SMILES string of the molecule is CCCNC(=O)CCNC(=NC)N1CC(C)C(C(=O)OC)C1. The van der Waals surface area contributed by atoms with Gasteiger partial charge < -0.3 is 20.3 Å². The molecular formula is C15H28N4O3. The van der Waals surface area contributed by atoms with Gasteiger partial charge >= 0.3 is 5.97 Å². The van der Waals surface area contributed by atoms with E-state index in [1.54, 1.807) is 7.05 Å². The number of methoxy groups -OCH3 is 1. The zero-order valence-corrected chi connectivity index (χ0v) is 14.0. The topological polar surface area (TPSA) is 83.0 Å². The minimum Gasteiger partial charge on any atom is -0.469 e. The molecule has 0 aliphatic carbocycles. The summed E-state index contributed by atoms with van der Waals surface area (Å²) in [6.07, 6.45) is 1.34. The molecule has 1 amide bonds. The van der Waals surface area contributed by atoms with E-state index >= 15 is 0 Å². The van der Waals surface area contributed by atoms with Crippen LogP contribution in [0.15, 0.2) is 4.99 Å². The van der Waals surface area contributed by atoms with Crippen LogP contribution in [0, 0.1) is 11.8 Å². The van der Waals surface area contributed by atoms with Gasteiger partial charge in [-0.25, -0.2) is 0 Å². The molecule has 1 aliphatic rings. The fraction of sp³-hybridized carbons (Fsp3) is 0.800. The number of guanidine groups is 1. The lowest BCUT2D eigenvalue weighted by Gasteiger charge is -2.21. The molecule has 1 rings (SSSR count). The maximum absolute atomic E-state index is 11.7. The number of ether oxygens (including phenoxy) is 1. The molecule has 7 heteroatoms. The summed E-state index contributed by atoms with van der Waals surface area (Å²) in [4.78, 5) is 29.6. The molecule has 0 aromatic carbocycles. The highest BCUT2D eigenvalue weighted by atomic mass is 16.5. The smallest absolute Gasteiger partial charge is 0.310 e. The molecule has 0 saturated carbocycles. The Kier molecular flexibility index (Phi) is 7.70. The van der Waals surface area contributed by atoms with Gasteiger partial charge in [0.05, 0.1) is 13.0 Å². The Bertz CT molecular complexity index is 412. The van der Waals surface area contributed by atoms with Crippen LogP contribution in [0.1, 0.15) is 26.7 Å². The molecule has 0 bridgehead atoms. The van der Waals surface area contributed by atoms with Gasteiger partial charge in [-0.05, 0) is 12.3 Å². The van der Waals surface area contributed by atoms with Gasteiger partial charge in [-0.2, -0.15) is 0 Å². The molecule has 1 aliphatic heterocycles. The number of hydrogen-bond acceptors (Lipinski definition) is 4. The van der Waals surface area contributed by atoms with Crippen LogP contribution >= 0.6 is 0 Å². The minimum absolute atomic E-state index is 0.0343. The Hall–Kier alpha value is -1.79. The van der Waals surface area contributed by atoms with Crippen molar-refractivity contribution < 1.29 is 14.3 Å². The highest BCUT2D eigenvalue weighted by Gasteiger charge is 2.36. The number of rotatable bonds is 6. The van der Waals surface area contributed by atoms with Gasteiger partial charge in [-0.3, -0.25) is 14.6 Å². The van der Waals surface area contributed by atoms with Gasteiger partial charge in [0.25, 0.3) is 0 Å². The molecular weight excluding hydrogens is 284 g/mol. The quantitative estimate of drug-likeness (QED) is 0.416. The Balaban J connectivity index is 2.43. The first-order valence-corrected chi connectivity index (χ1v) is 7.83. The zero-order chi connectivity index (χ0) is 16.5. The lowest BCUT2D eigenvalue weighted by Crippen LogP contribution is -2.42. The number of carbonyl (C=O) groups excluding carboxylic acids is 2. The largest absolute Gasteiger partial charge is 0.469 e. The summed E-state index contributed by atoms with van der Waals surface area (Å²) >= 11 is 0. The molecule has 126 valence electrons. The maximum atomic E-state index is 11.7. The summed E-state index contributed by atoms with van der Waals surface area (Å²) in [6, 6.07) is 0. The van der Waals surface area contributed by atoms with Crippen molar-refractivity contribution in [2.45, 2.75) is 26.7 Å². The van der Waals surface area contributed by atoms with Crippen LogP contribution in [-0.4, -0.2) is 63.1 Å². The first kappa shape index (κ1) is 18.3. The number of aliphatic imine (C=N–C) groups is 1. The van der Waals surface area contributed by atoms with E-state index in [-0.39, 0.29) is 23.7 Å².